The van der Waals surface area contributed by atoms with Crippen LogP contribution in [0.4, 0.5) is 4.39 Å². The number of carbonyl (C=O) groups is 1. The first kappa shape index (κ1) is 12.7. The van der Waals surface area contributed by atoms with Crippen LogP contribution in [0.1, 0.15) is 23.3 Å². The van der Waals surface area contributed by atoms with Gasteiger partial charge in [0.05, 0.1) is 6.61 Å². The monoisotopic (exact) mass is 277 g/mol. The van der Waals surface area contributed by atoms with E-state index in [-0.39, 0.29) is 17.2 Å². The molecule has 0 bridgehead atoms. The summed E-state index contributed by atoms with van der Waals surface area (Å²) in [6.07, 6.45) is 2.27. The van der Waals surface area contributed by atoms with E-state index >= 15 is 0 Å². The fraction of sp³-hybridized carbons (Fsp3) is 0.286. The molecule has 1 aromatic carbocycles. The van der Waals surface area contributed by atoms with E-state index in [4.69, 9.17) is 14.4 Å². The topological polar surface area (TPSA) is 72.6 Å². The van der Waals surface area contributed by atoms with Gasteiger partial charge in [-0.25, -0.2) is 9.18 Å². The van der Waals surface area contributed by atoms with E-state index in [1.165, 1.54) is 18.2 Å². The predicted molar refractivity (Wildman–Crippen MR) is 67.1 cm³/mol. The number of aromatic carboxylic acids is 1. The Balaban J connectivity index is 1.79. The van der Waals surface area contributed by atoms with Crippen LogP contribution >= 0.6 is 0 Å². The summed E-state index contributed by atoms with van der Waals surface area (Å²) >= 11 is 0. The van der Waals surface area contributed by atoms with Crippen LogP contribution in [0, 0.1) is 11.7 Å². The Morgan fingerprint density at radius 1 is 1.45 bits per heavy atom. The fourth-order valence-corrected chi connectivity index (χ4v) is 1.78. The summed E-state index contributed by atoms with van der Waals surface area (Å²) in [4.78, 5) is 10.7. The molecular weight excluding hydrogens is 265 g/mol. The molecule has 0 atom stereocenters. The van der Waals surface area contributed by atoms with Crippen LogP contribution in [0.3, 0.4) is 0 Å². The highest BCUT2D eigenvalue weighted by Gasteiger charge is 2.22. The highest BCUT2D eigenvalue weighted by atomic mass is 19.1. The summed E-state index contributed by atoms with van der Waals surface area (Å²) in [7, 11) is 0. The molecule has 6 heteroatoms. The second-order valence-corrected chi connectivity index (χ2v) is 4.78. The van der Waals surface area contributed by atoms with E-state index in [9.17, 15) is 9.18 Å². The van der Waals surface area contributed by atoms with Crippen molar-refractivity contribution in [3.63, 3.8) is 0 Å². The summed E-state index contributed by atoms with van der Waals surface area (Å²) in [5.41, 5.74) is 0.204. The zero-order valence-corrected chi connectivity index (χ0v) is 10.5. The van der Waals surface area contributed by atoms with Gasteiger partial charge in [0.1, 0.15) is 0 Å². The Bertz CT molecular complexity index is 648. The third-order valence-corrected chi connectivity index (χ3v) is 3.12. The molecule has 2 aromatic rings. The van der Waals surface area contributed by atoms with E-state index in [1.54, 1.807) is 6.07 Å². The van der Waals surface area contributed by atoms with E-state index in [1.807, 2.05) is 0 Å². The van der Waals surface area contributed by atoms with Gasteiger partial charge in [-0.1, -0.05) is 5.16 Å². The number of nitrogens with zero attached hydrogens (tertiary/aromatic N) is 1. The van der Waals surface area contributed by atoms with Crippen LogP contribution in [-0.2, 0) is 0 Å². The van der Waals surface area contributed by atoms with Gasteiger partial charge in [0.15, 0.2) is 23.0 Å². The van der Waals surface area contributed by atoms with E-state index in [2.05, 4.69) is 5.16 Å². The van der Waals surface area contributed by atoms with Crippen LogP contribution in [-0.4, -0.2) is 22.8 Å². The van der Waals surface area contributed by atoms with E-state index < -0.39 is 11.8 Å². The van der Waals surface area contributed by atoms with Crippen molar-refractivity contribution in [3.05, 3.63) is 35.8 Å². The molecule has 5 nitrogen and oxygen atoms in total. The Kier molecular flexibility index (Phi) is 3.14. The zero-order valence-electron chi connectivity index (χ0n) is 10.5. The van der Waals surface area contributed by atoms with Crippen molar-refractivity contribution in [1.29, 1.82) is 0 Å². The number of hydrogen-bond donors (Lipinski definition) is 1. The van der Waals surface area contributed by atoms with E-state index in [0.717, 1.165) is 12.8 Å². The summed E-state index contributed by atoms with van der Waals surface area (Å²) in [5, 5.41) is 12.1. The summed E-state index contributed by atoms with van der Waals surface area (Å²) in [6.45, 7) is 0.530. The van der Waals surface area contributed by atoms with Crippen LogP contribution in [0.5, 0.6) is 5.75 Å². The van der Waals surface area contributed by atoms with Gasteiger partial charge in [0, 0.05) is 11.6 Å². The molecule has 20 heavy (non-hydrogen) atoms. The second-order valence-electron chi connectivity index (χ2n) is 4.78. The minimum Gasteiger partial charge on any atom is -0.490 e. The number of carboxylic acid groups (broad SMARTS) is 1. The van der Waals surface area contributed by atoms with Crippen molar-refractivity contribution < 1.29 is 23.6 Å². The van der Waals surface area contributed by atoms with Crippen LogP contribution < -0.4 is 4.74 Å². The van der Waals surface area contributed by atoms with Crippen molar-refractivity contribution in [3.8, 4) is 17.1 Å². The highest BCUT2D eigenvalue weighted by Crippen LogP contribution is 2.31. The van der Waals surface area contributed by atoms with Gasteiger partial charge in [0.2, 0.25) is 0 Å². The molecule has 0 aliphatic heterocycles. The van der Waals surface area contributed by atoms with Crippen LogP contribution in [0.15, 0.2) is 28.8 Å². The first-order chi connectivity index (χ1) is 9.63. The standard InChI is InChI=1S/C14H12FNO4/c15-10-5-9(13-6-11(14(17)18)16-20-13)3-4-12(10)19-7-8-1-2-8/h3-6,8H,1-2,7H2,(H,17,18). The van der Waals surface area contributed by atoms with Gasteiger partial charge in [0.25, 0.3) is 0 Å². The number of benzene rings is 1. The summed E-state index contributed by atoms with van der Waals surface area (Å²) in [5.74, 6) is -0.753. The normalized spacial score (nSPS) is 14.2. The first-order valence-electron chi connectivity index (χ1n) is 6.26. The van der Waals surface area contributed by atoms with Gasteiger partial charge >= 0.3 is 5.97 Å². The van der Waals surface area contributed by atoms with E-state index in [0.29, 0.717) is 18.1 Å². The molecule has 1 aliphatic rings. The maximum absolute atomic E-state index is 13.9. The average molecular weight is 277 g/mol. The Morgan fingerprint density at radius 3 is 2.85 bits per heavy atom. The van der Waals surface area contributed by atoms with Gasteiger partial charge in [-0.3, -0.25) is 0 Å². The largest absolute Gasteiger partial charge is 0.490 e. The second kappa shape index (κ2) is 4.96. The smallest absolute Gasteiger partial charge is 0.358 e. The highest BCUT2D eigenvalue weighted by molar-refractivity contribution is 5.86. The van der Waals surface area contributed by atoms with Crippen molar-refractivity contribution in [2.24, 2.45) is 5.92 Å². The molecule has 1 N–H and O–H groups in total. The molecule has 1 saturated carbocycles. The minimum atomic E-state index is -1.19. The van der Waals surface area contributed by atoms with Crippen molar-refractivity contribution >= 4 is 5.97 Å². The molecule has 1 aromatic heterocycles. The quantitative estimate of drug-likeness (QED) is 0.909. The lowest BCUT2D eigenvalue weighted by atomic mass is 10.1. The van der Waals surface area contributed by atoms with Crippen molar-refractivity contribution in [2.75, 3.05) is 6.61 Å². The predicted octanol–water partition coefficient (Wildman–Crippen LogP) is 2.97. The van der Waals surface area contributed by atoms with Gasteiger partial charge < -0.3 is 14.4 Å². The molecule has 0 radical (unpaired) electrons. The number of carboxylic acids is 1. The molecule has 0 spiro atoms. The van der Waals surface area contributed by atoms with Gasteiger partial charge in [-0.15, -0.1) is 0 Å². The molecule has 1 heterocycles. The van der Waals surface area contributed by atoms with Gasteiger partial charge in [-0.05, 0) is 37.0 Å². The Morgan fingerprint density at radius 2 is 2.25 bits per heavy atom. The molecule has 1 aliphatic carbocycles. The summed E-state index contributed by atoms with van der Waals surface area (Å²) in [6, 6.07) is 5.61. The molecular formula is C14H12FNO4. The number of rotatable bonds is 5. The molecule has 0 saturated heterocycles. The first-order valence-corrected chi connectivity index (χ1v) is 6.26. The molecule has 104 valence electrons. The number of hydrogen-bond acceptors (Lipinski definition) is 4. The van der Waals surface area contributed by atoms with Crippen LogP contribution in [0.25, 0.3) is 11.3 Å². The molecule has 3 rings (SSSR count). The van der Waals surface area contributed by atoms with Gasteiger partial charge in [-0.2, -0.15) is 0 Å². The zero-order chi connectivity index (χ0) is 14.1. The lowest BCUT2D eigenvalue weighted by molar-refractivity contribution is 0.0686. The lowest BCUT2D eigenvalue weighted by Crippen LogP contribution is -2.00. The molecule has 0 unspecified atom stereocenters. The third-order valence-electron chi connectivity index (χ3n) is 3.12. The SMILES string of the molecule is O=C(O)c1cc(-c2ccc(OCC3CC3)c(F)c2)on1. The maximum Gasteiger partial charge on any atom is 0.358 e. The van der Waals surface area contributed by atoms with Crippen molar-refractivity contribution in [2.45, 2.75) is 12.8 Å². The number of halogens is 1. The third kappa shape index (κ3) is 2.64. The number of aromatic nitrogens is 1. The lowest BCUT2D eigenvalue weighted by Gasteiger charge is -2.06. The Hall–Kier alpha value is -2.37. The van der Waals surface area contributed by atoms with Crippen molar-refractivity contribution in [1.82, 2.24) is 5.16 Å². The maximum atomic E-state index is 13.9. The molecule has 0 amide bonds. The average Bonchev–Trinajstić information content (AvgIpc) is 3.11. The Labute approximate surface area is 114 Å². The number of ether oxygens (including phenoxy) is 1. The summed E-state index contributed by atoms with van der Waals surface area (Å²) < 4.78 is 24.1. The minimum absolute atomic E-state index is 0.193. The van der Waals surface area contributed by atoms with Crippen LogP contribution in [0.2, 0.25) is 0 Å². The molecule has 1 fully saturated rings. The fourth-order valence-electron chi connectivity index (χ4n) is 1.78.